The van der Waals surface area contributed by atoms with Crippen molar-refractivity contribution in [1.29, 1.82) is 0 Å². The van der Waals surface area contributed by atoms with E-state index in [1.54, 1.807) is 0 Å². The van der Waals surface area contributed by atoms with E-state index in [0.29, 0.717) is 6.54 Å². The van der Waals surface area contributed by atoms with Gasteiger partial charge in [0.15, 0.2) is 0 Å². The molecule has 1 atom stereocenters. The monoisotopic (exact) mass is 359 g/mol. The van der Waals surface area contributed by atoms with E-state index in [2.05, 4.69) is 72.4 Å². The molecule has 4 rings (SSSR count). The zero-order chi connectivity index (χ0) is 18.8. The molecule has 1 N–H and O–H groups in total. The second kappa shape index (κ2) is 7.31. The van der Waals surface area contributed by atoms with Crippen molar-refractivity contribution in [1.82, 2.24) is 9.47 Å². The molecule has 0 saturated carbocycles. The first-order chi connectivity index (χ1) is 13.2. The average Bonchev–Trinajstić information content (AvgIpc) is 3.17. The second-order valence-corrected chi connectivity index (χ2v) is 7.07. The summed E-state index contributed by atoms with van der Waals surface area (Å²) < 4.78 is 2.24. The molecule has 3 aromatic rings. The summed E-state index contributed by atoms with van der Waals surface area (Å²) in [6.07, 6.45) is 2.98. The zero-order valence-corrected chi connectivity index (χ0v) is 15.9. The van der Waals surface area contributed by atoms with Crippen LogP contribution < -0.4 is 5.32 Å². The van der Waals surface area contributed by atoms with Crippen LogP contribution in [0.4, 0.5) is 10.5 Å². The Balaban J connectivity index is 1.68. The summed E-state index contributed by atoms with van der Waals surface area (Å²) >= 11 is 0. The number of aryl methyl sites for hydroxylation is 2. The Morgan fingerprint density at radius 3 is 2.59 bits per heavy atom. The number of para-hydroxylation sites is 1. The number of benzene rings is 2. The number of hydrogen-bond donors (Lipinski definition) is 1. The van der Waals surface area contributed by atoms with Crippen molar-refractivity contribution in [3.05, 3.63) is 89.2 Å². The second-order valence-electron chi connectivity index (χ2n) is 7.07. The number of carbonyl (C=O) groups is 1. The summed E-state index contributed by atoms with van der Waals surface area (Å²) in [4.78, 5) is 15.2. The van der Waals surface area contributed by atoms with E-state index < -0.39 is 0 Å². The zero-order valence-electron chi connectivity index (χ0n) is 15.9. The molecule has 0 aliphatic carbocycles. The Morgan fingerprint density at radius 1 is 1.04 bits per heavy atom. The third-order valence-corrected chi connectivity index (χ3v) is 5.33. The van der Waals surface area contributed by atoms with Gasteiger partial charge >= 0.3 is 6.03 Å². The number of carbonyl (C=O) groups excluding carboxylic acids is 1. The molecular formula is C23H25N3O. The minimum absolute atomic E-state index is 0.0473. The van der Waals surface area contributed by atoms with Gasteiger partial charge in [0.05, 0.1) is 6.04 Å². The summed E-state index contributed by atoms with van der Waals surface area (Å²) in [6, 6.07) is 20.5. The van der Waals surface area contributed by atoms with Gasteiger partial charge in [-0.2, -0.15) is 0 Å². The van der Waals surface area contributed by atoms with Crippen LogP contribution in [0.2, 0.25) is 0 Å². The first-order valence-electron chi connectivity index (χ1n) is 9.54. The number of rotatable bonds is 3. The highest BCUT2D eigenvalue weighted by atomic mass is 16.2. The number of urea groups is 1. The van der Waals surface area contributed by atoms with Crippen molar-refractivity contribution in [2.24, 2.45) is 0 Å². The number of nitrogens with zero attached hydrogens (tertiary/aromatic N) is 2. The van der Waals surface area contributed by atoms with Gasteiger partial charge in [-0.05, 0) is 42.7 Å². The van der Waals surface area contributed by atoms with Crippen LogP contribution in [0.3, 0.4) is 0 Å². The SMILES string of the molecule is CCc1ccccc1NC(=O)N1CCn2cccc2[C@H]1c1ccc(C)cc1. The predicted molar refractivity (Wildman–Crippen MR) is 109 cm³/mol. The summed E-state index contributed by atoms with van der Waals surface area (Å²) in [7, 11) is 0. The molecule has 2 amide bonds. The molecule has 0 fully saturated rings. The highest BCUT2D eigenvalue weighted by Crippen LogP contribution is 2.33. The standard InChI is InChI=1S/C23H25N3O/c1-3-18-7-4-5-8-20(18)24-23(27)26-16-15-25-14-6-9-21(25)22(26)19-12-10-17(2)11-13-19/h4-14,22H,3,15-16H2,1-2H3,(H,24,27)/t22-/m1/s1. The fourth-order valence-electron chi connectivity index (χ4n) is 3.84. The molecule has 1 aliphatic heterocycles. The lowest BCUT2D eigenvalue weighted by atomic mass is 9.99. The van der Waals surface area contributed by atoms with Gasteiger partial charge in [-0.1, -0.05) is 55.0 Å². The molecule has 2 heterocycles. The van der Waals surface area contributed by atoms with Crippen molar-refractivity contribution < 1.29 is 4.79 Å². The van der Waals surface area contributed by atoms with Gasteiger partial charge in [-0.25, -0.2) is 4.79 Å². The van der Waals surface area contributed by atoms with E-state index in [1.165, 1.54) is 5.56 Å². The van der Waals surface area contributed by atoms with E-state index in [9.17, 15) is 4.79 Å². The number of aromatic nitrogens is 1. The Bertz CT molecular complexity index is 942. The summed E-state index contributed by atoms with van der Waals surface area (Å²) in [6.45, 7) is 5.68. The van der Waals surface area contributed by atoms with Crippen molar-refractivity contribution >= 4 is 11.7 Å². The number of fused-ring (bicyclic) bond motifs is 1. The molecule has 27 heavy (non-hydrogen) atoms. The average molecular weight is 359 g/mol. The van der Waals surface area contributed by atoms with Gasteiger partial charge in [0.25, 0.3) is 0 Å². The molecule has 1 aromatic heterocycles. The fraction of sp³-hybridized carbons (Fsp3) is 0.261. The number of hydrogen-bond acceptors (Lipinski definition) is 1. The van der Waals surface area contributed by atoms with Crippen molar-refractivity contribution in [3.8, 4) is 0 Å². The Morgan fingerprint density at radius 2 is 1.81 bits per heavy atom. The maximum absolute atomic E-state index is 13.2. The lowest BCUT2D eigenvalue weighted by molar-refractivity contribution is 0.182. The highest BCUT2D eigenvalue weighted by molar-refractivity contribution is 5.90. The maximum Gasteiger partial charge on any atom is 0.322 e. The van der Waals surface area contributed by atoms with Crippen LogP contribution in [-0.4, -0.2) is 22.0 Å². The lowest BCUT2D eigenvalue weighted by Crippen LogP contribution is -2.44. The van der Waals surface area contributed by atoms with E-state index >= 15 is 0 Å². The van der Waals surface area contributed by atoms with Crippen LogP contribution in [0, 0.1) is 6.92 Å². The van der Waals surface area contributed by atoms with E-state index in [0.717, 1.165) is 35.5 Å². The molecule has 138 valence electrons. The molecule has 1 aliphatic rings. The fourth-order valence-corrected chi connectivity index (χ4v) is 3.84. The number of anilines is 1. The van der Waals surface area contributed by atoms with Gasteiger partial charge in [0.2, 0.25) is 0 Å². The maximum atomic E-state index is 13.2. The van der Waals surface area contributed by atoms with Crippen LogP contribution in [0.15, 0.2) is 66.9 Å². The van der Waals surface area contributed by atoms with E-state index in [4.69, 9.17) is 0 Å². The molecule has 4 heteroatoms. The molecule has 0 saturated heterocycles. The van der Waals surface area contributed by atoms with E-state index in [-0.39, 0.29) is 12.1 Å². The van der Waals surface area contributed by atoms with Crippen molar-refractivity contribution in [2.45, 2.75) is 32.9 Å². The topological polar surface area (TPSA) is 37.3 Å². The van der Waals surface area contributed by atoms with Crippen LogP contribution in [0.5, 0.6) is 0 Å². The minimum Gasteiger partial charge on any atom is -0.348 e. The van der Waals surface area contributed by atoms with Gasteiger partial charge in [0.1, 0.15) is 0 Å². The Hall–Kier alpha value is -3.01. The van der Waals surface area contributed by atoms with Crippen LogP contribution in [0.1, 0.15) is 35.3 Å². The third-order valence-electron chi connectivity index (χ3n) is 5.33. The van der Waals surface area contributed by atoms with Crippen LogP contribution in [-0.2, 0) is 13.0 Å². The molecule has 0 radical (unpaired) electrons. The largest absolute Gasteiger partial charge is 0.348 e. The van der Waals surface area contributed by atoms with Crippen molar-refractivity contribution in [3.63, 3.8) is 0 Å². The quantitative estimate of drug-likeness (QED) is 0.702. The first-order valence-corrected chi connectivity index (χ1v) is 9.54. The van der Waals surface area contributed by atoms with Gasteiger partial charge in [-0.3, -0.25) is 0 Å². The number of nitrogens with one attached hydrogen (secondary N) is 1. The molecule has 0 bridgehead atoms. The summed E-state index contributed by atoms with van der Waals surface area (Å²) in [5.74, 6) is 0. The van der Waals surface area contributed by atoms with E-state index in [1.807, 2.05) is 23.1 Å². The highest BCUT2D eigenvalue weighted by Gasteiger charge is 2.32. The smallest absolute Gasteiger partial charge is 0.322 e. The first kappa shape index (κ1) is 17.4. The lowest BCUT2D eigenvalue weighted by Gasteiger charge is -2.37. The molecule has 2 aromatic carbocycles. The Kier molecular flexibility index (Phi) is 4.71. The molecule has 4 nitrogen and oxygen atoms in total. The Labute approximate surface area is 160 Å². The normalized spacial score (nSPS) is 16.1. The van der Waals surface area contributed by atoms with Gasteiger partial charge < -0.3 is 14.8 Å². The summed E-state index contributed by atoms with van der Waals surface area (Å²) in [5.41, 5.74) is 5.56. The van der Waals surface area contributed by atoms with Crippen molar-refractivity contribution in [2.75, 3.05) is 11.9 Å². The summed E-state index contributed by atoms with van der Waals surface area (Å²) in [5, 5.41) is 3.14. The third kappa shape index (κ3) is 3.35. The van der Waals surface area contributed by atoms with Gasteiger partial charge in [-0.15, -0.1) is 0 Å². The molecule has 0 spiro atoms. The molecule has 0 unspecified atom stereocenters. The predicted octanol–water partition coefficient (Wildman–Crippen LogP) is 5.00. The van der Waals surface area contributed by atoms with Gasteiger partial charge in [0, 0.05) is 30.7 Å². The molecular weight excluding hydrogens is 334 g/mol. The van der Waals surface area contributed by atoms with Crippen LogP contribution in [0.25, 0.3) is 0 Å². The van der Waals surface area contributed by atoms with Crippen LogP contribution >= 0.6 is 0 Å². The minimum atomic E-state index is -0.0804. The number of amides is 2.